The topological polar surface area (TPSA) is 54.3 Å². The predicted molar refractivity (Wildman–Crippen MR) is 109 cm³/mol. The van der Waals surface area contributed by atoms with Crippen LogP contribution in [-0.2, 0) is 18.5 Å². The molecular weight excluding hydrogens is 358 g/mol. The summed E-state index contributed by atoms with van der Waals surface area (Å²) in [5.41, 5.74) is 1.81. The lowest BCUT2D eigenvalue weighted by Gasteiger charge is -2.21. The molecule has 1 fully saturated rings. The van der Waals surface area contributed by atoms with E-state index < -0.39 is 0 Å². The Bertz CT molecular complexity index is 761. The summed E-state index contributed by atoms with van der Waals surface area (Å²) in [5, 5.41) is 7.78. The first-order chi connectivity index (χ1) is 12.9. The van der Waals surface area contributed by atoms with Crippen molar-refractivity contribution in [3.8, 4) is 0 Å². The molecule has 1 amide bonds. The number of carbonyl (C=O) groups is 1. The SMILES string of the molecule is CCCn1ccc(C(=O)N2CCCN(Cc3csc(C(C)(C)C)n3)CC2)n1. The van der Waals surface area contributed by atoms with Crippen molar-refractivity contribution in [1.82, 2.24) is 24.6 Å². The van der Waals surface area contributed by atoms with E-state index in [0.717, 1.165) is 57.8 Å². The Kier molecular flexibility index (Phi) is 6.32. The van der Waals surface area contributed by atoms with Crippen LogP contribution in [0.15, 0.2) is 17.6 Å². The van der Waals surface area contributed by atoms with Crippen LogP contribution < -0.4 is 0 Å². The minimum atomic E-state index is 0.0513. The highest BCUT2D eigenvalue weighted by molar-refractivity contribution is 7.09. The fourth-order valence-corrected chi connectivity index (χ4v) is 4.18. The van der Waals surface area contributed by atoms with Gasteiger partial charge in [0.25, 0.3) is 5.91 Å². The van der Waals surface area contributed by atoms with E-state index in [1.807, 2.05) is 21.8 Å². The van der Waals surface area contributed by atoms with Crippen LogP contribution in [0.25, 0.3) is 0 Å². The fourth-order valence-electron chi connectivity index (χ4n) is 3.28. The smallest absolute Gasteiger partial charge is 0.274 e. The molecule has 6 nitrogen and oxygen atoms in total. The molecule has 0 saturated carbocycles. The van der Waals surface area contributed by atoms with Gasteiger partial charge >= 0.3 is 0 Å². The molecule has 1 saturated heterocycles. The van der Waals surface area contributed by atoms with E-state index in [1.165, 1.54) is 5.01 Å². The van der Waals surface area contributed by atoms with E-state index in [-0.39, 0.29) is 11.3 Å². The molecule has 0 aliphatic carbocycles. The van der Waals surface area contributed by atoms with Gasteiger partial charge in [-0.25, -0.2) is 4.98 Å². The molecule has 0 unspecified atom stereocenters. The van der Waals surface area contributed by atoms with Gasteiger partial charge in [-0.15, -0.1) is 11.3 Å². The van der Waals surface area contributed by atoms with Gasteiger partial charge in [0.15, 0.2) is 0 Å². The van der Waals surface area contributed by atoms with E-state index >= 15 is 0 Å². The molecule has 0 spiro atoms. The molecule has 3 rings (SSSR count). The van der Waals surface area contributed by atoms with Gasteiger partial charge in [-0.1, -0.05) is 27.7 Å². The van der Waals surface area contributed by atoms with E-state index in [9.17, 15) is 4.79 Å². The maximum Gasteiger partial charge on any atom is 0.274 e. The van der Waals surface area contributed by atoms with Gasteiger partial charge in [0, 0.05) is 56.3 Å². The number of hydrogen-bond donors (Lipinski definition) is 0. The number of hydrogen-bond acceptors (Lipinski definition) is 5. The van der Waals surface area contributed by atoms with Crippen molar-refractivity contribution in [2.24, 2.45) is 0 Å². The van der Waals surface area contributed by atoms with E-state index in [0.29, 0.717) is 5.69 Å². The summed E-state index contributed by atoms with van der Waals surface area (Å²) >= 11 is 1.75. The van der Waals surface area contributed by atoms with Crippen molar-refractivity contribution in [3.05, 3.63) is 34.0 Å². The molecule has 2 aromatic rings. The third-order valence-corrected chi connectivity index (χ3v) is 6.08. The van der Waals surface area contributed by atoms with Crippen LogP contribution in [0.1, 0.15) is 61.7 Å². The van der Waals surface area contributed by atoms with Crippen molar-refractivity contribution in [2.45, 2.75) is 59.0 Å². The second-order valence-electron chi connectivity index (χ2n) is 8.28. The Morgan fingerprint density at radius 2 is 2.04 bits per heavy atom. The zero-order valence-corrected chi connectivity index (χ0v) is 17.8. The number of amides is 1. The predicted octanol–water partition coefficient (Wildman–Crippen LogP) is 3.40. The van der Waals surface area contributed by atoms with Crippen molar-refractivity contribution in [2.75, 3.05) is 26.2 Å². The van der Waals surface area contributed by atoms with Gasteiger partial charge in [-0.05, 0) is 18.9 Å². The molecule has 0 N–H and O–H groups in total. The number of carbonyl (C=O) groups excluding carboxylic acids is 1. The Balaban J connectivity index is 1.56. The number of thiazole rings is 1. The van der Waals surface area contributed by atoms with E-state index in [4.69, 9.17) is 4.98 Å². The van der Waals surface area contributed by atoms with Gasteiger partial charge in [0.2, 0.25) is 0 Å². The van der Waals surface area contributed by atoms with Crippen LogP contribution in [0.5, 0.6) is 0 Å². The first-order valence-corrected chi connectivity index (χ1v) is 10.7. The minimum Gasteiger partial charge on any atom is -0.336 e. The zero-order chi connectivity index (χ0) is 19.4. The maximum atomic E-state index is 12.8. The van der Waals surface area contributed by atoms with E-state index in [2.05, 4.69) is 43.1 Å². The maximum absolute atomic E-state index is 12.8. The lowest BCUT2D eigenvalue weighted by molar-refractivity contribution is 0.0754. The summed E-state index contributed by atoms with van der Waals surface area (Å²) in [6.45, 7) is 13.8. The Morgan fingerprint density at radius 1 is 1.22 bits per heavy atom. The molecule has 1 aliphatic rings. The standard InChI is InChI=1S/C20H31N5OS/c1-5-8-25-11-7-17(22-25)18(26)24-10-6-9-23(12-13-24)14-16-15-27-19(21-16)20(2,3)4/h7,11,15H,5-6,8-10,12-14H2,1-4H3. The molecule has 1 aliphatic heterocycles. The van der Waals surface area contributed by atoms with Crippen molar-refractivity contribution in [1.29, 1.82) is 0 Å². The highest BCUT2D eigenvalue weighted by Crippen LogP contribution is 2.26. The van der Waals surface area contributed by atoms with Crippen LogP contribution in [0.4, 0.5) is 0 Å². The third kappa shape index (κ3) is 5.17. The van der Waals surface area contributed by atoms with Gasteiger partial charge in [-0.3, -0.25) is 14.4 Å². The van der Waals surface area contributed by atoms with Gasteiger partial charge < -0.3 is 4.90 Å². The molecule has 7 heteroatoms. The summed E-state index contributed by atoms with van der Waals surface area (Å²) in [4.78, 5) is 21.9. The number of aromatic nitrogens is 3. The highest BCUT2D eigenvalue weighted by Gasteiger charge is 2.23. The van der Waals surface area contributed by atoms with Crippen molar-refractivity contribution in [3.63, 3.8) is 0 Å². The molecule has 0 aromatic carbocycles. The second kappa shape index (κ2) is 8.52. The Morgan fingerprint density at radius 3 is 2.74 bits per heavy atom. The summed E-state index contributed by atoms with van der Waals surface area (Å²) in [6, 6.07) is 1.84. The molecular formula is C20H31N5OS. The lowest BCUT2D eigenvalue weighted by Crippen LogP contribution is -2.35. The van der Waals surface area contributed by atoms with Crippen molar-refractivity contribution < 1.29 is 4.79 Å². The average molecular weight is 390 g/mol. The lowest BCUT2D eigenvalue weighted by atomic mass is 9.98. The Labute approximate surface area is 166 Å². The normalized spacial score (nSPS) is 16.5. The quantitative estimate of drug-likeness (QED) is 0.786. The molecule has 148 valence electrons. The van der Waals surface area contributed by atoms with Crippen LogP contribution in [-0.4, -0.2) is 56.7 Å². The molecule has 2 aromatic heterocycles. The fraction of sp³-hybridized carbons (Fsp3) is 0.650. The minimum absolute atomic E-state index is 0.0513. The molecule has 0 bridgehead atoms. The van der Waals surface area contributed by atoms with Crippen LogP contribution in [0.3, 0.4) is 0 Å². The summed E-state index contributed by atoms with van der Waals surface area (Å²) in [5.74, 6) is 0.0513. The monoisotopic (exact) mass is 389 g/mol. The number of nitrogens with zero attached hydrogens (tertiary/aromatic N) is 5. The van der Waals surface area contributed by atoms with Crippen LogP contribution in [0.2, 0.25) is 0 Å². The van der Waals surface area contributed by atoms with Gasteiger partial charge in [-0.2, -0.15) is 5.10 Å². The van der Waals surface area contributed by atoms with Crippen LogP contribution in [0, 0.1) is 0 Å². The van der Waals surface area contributed by atoms with Crippen molar-refractivity contribution >= 4 is 17.2 Å². The Hall–Kier alpha value is -1.73. The second-order valence-corrected chi connectivity index (χ2v) is 9.14. The third-order valence-electron chi connectivity index (χ3n) is 4.77. The van der Waals surface area contributed by atoms with E-state index in [1.54, 1.807) is 11.3 Å². The largest absolute Gasteiger partial charge is 0.336 e. The number of rotatable bonds is 5. The van der Waals surface area contributed by atoms with Crippen LogP contribution >= 0.6 is 11.3 Å². The summed E-state index contributed by atoms with van der Waals surface area (Å²) in [6.07, 6.45) is 3.90. The molecule has 0 atom stereocenters. The summed E-state index contributed by atoms with van der Waals surface area (Å²) in [7, 11) is 0. The highest BCUT2D eigenvalue weighted by atomic mass is 32.1. The first kappa shape index (κ1) is 20.0. The van der Waals surface area contributed by atoms with Gasteiger partial charge in [0.05, 0.1) is 10.7 Å². The zero-order valence-electron chi connectivity index (χ0n) is 16.9. The number of aryl methyl sites for hydroxylation is 1. The summed E-state index contributed by atoms with van der Waals surface area (Å²) < 4.78 is 1.85. The first-order valence-electron chi connectivity index (χ1n) is 9.87. The molecule has 27 heavy (non-hydrogen) atoms. The van der Waals surface area contributed by atoms with Gasteiger partial charge in [0.1, 0.15) is 5.69 Å². The average Bonchev–Trinajstić information content (AvgIpc) is 3.21. The molecule has 3 heterocycles. The molecule has 0 radical (unpaired) electrons.